The Morgan fingerprint density at radius 3 is 2.64 bits per heavy atom. The molecule has 0 radical (unpaired) electrons. The van der Waals surface area contributed by atoms with E-state index < -0.39 is 0 Å². The summed E-state index contributed by atoms with van der Waals surface area (Å²) in [5.41, 5.74) is 0.749. The number of aryl methyl sites for hydroxylation is 1. The molecule has 3 nitrogen and oxygen atoms in total. The second-order valence-electron chi connectivity index (χ2n) is 2.85. The molecule has 2 aromatic heterocycles. The Morgan fingerprint density at radius 2 is 2.00 bits per heavy atom. The van der Waals surface area contributed by atoms with Gasteiger partial charge in [0.15, 0.2) is 0 Å². The zero-order chi connectivity index (χ0) is 9.97. The monoisotopic (exact) mass is 204 g/mol. The maximum atomic E-state index is 11.2. The molecule has 0 fully saturated rings. The number of hydrogen-bond donors (Lipinski definition) is 0. The third-order valence-electron chi connectivity index (χ3n) is 1.72. The van der Waals surface area contributed by atoms with Crippen LogP contribution in [0.15, 0.2) is 35.4 Å². The fourth-order valence-corrected chi connectivity index (χ4v) is 1.98. The van der Waals surface area contributed by atoms with Crippen LogP contribution in [0.3, 0.4) is 0 Å². The smallest absolute Gasteiger partial charge is 0.267 e. The first-order valence-electron chi connectivity index (χ1n) is 4.15. The molecule has 14 heavy (non-hydrogen) atoms. The third-order valence-corrected chi connectivity index (χ3v) is 2.68. The minimum Gasteiger partial charge on any atom is -0.267 e. The van der Waals surface area contributed by atoms with Crippen molar-refractivity contribution >= 4 is 11.3 Å². The predicted octanol–water partition coefficient (Wildman–Crippen LogP) is 1.87. The molecular formula is C10H8N2OS. The summed E-state index contributed by atoms with van der Waals surface area (Å²) in [5.74, 6) is 0. The molecular weight excluding hydrogens is 196 g/mol. The summed E-state index contributed by atoms with van der Waals surface area (Å²) < 4.78 is 0. The van der Waals surface area contributed by atoms with Crippen molar-refractivity contribution in [1.29, 1.82) is 0 Å². The van der Waals surface area contributed by atoms with E-state index in [0.717, 1.165) is 15.4 Å². The first-order valence-corrected chi connectivity index (χ1v) is 4.96. The SMILES string of the molecule is Cc1cc(=O)nc(-c2ccncc2)s1. The molecule has 0 saturated heterocycles. The summed E-state index contributed by atoms with van der Waals surface area (Å²) in [7, 11) is 0. The molecule has 0 bridgehead atoms. The third kappa shape index (κ3) is 1.85. The second kappa shape index (κ2) is 3.67. The van der Waals surface area contributed by atoms with Crippen molar-refractivity contribution in [3.63, 3.8) is 0 Å². The van der Waals surface area contributed by atoms with Gasteiger partial charge in [-0.1, -0.05) is 0 Å². The van der Waals surface area contributed by atoms with E-state index in [1.165, 1.54) is 17.4 Å². The van der Waals surface area contributed by atoms with Gasteiger partial charge in [0.1, 0.15) is 5.01 Å². The van der Waals surface area contributed by atoms with E-state index in [0.29, 0.717) is 0 Å². The van der Waals surface area contributed by atoms with E-state index in [2.05, 4.69) is 9.97 Å². The van der Waals surface area contributed by atoms with E-state index in [4.69, 9.17) is 0 Å². The van der Waals surface area contributed by atoms with Crippen LogP contribution in [-0.2, 0) is 0 Å². The molecule has 0 aromatic carbocycles. The van der Waals surface area contributed by atoms with Gasteiger partial charge in [-0.2, -0.15) is 4.98 Å². The molecule has 0 N–H and O–H groups in total. The maximum Gasteiger partial charge on any atom is 0.272 e. The Hall–Kier alpha value is -1.55. The molecule has 0 unspecified atom stereocenters. The summed E-state index contributed by atoms with van der Waals surface area (Å²) in [6.07, 6.45) is 3.38. The highest BCUT2D eigenvalue weighted by Crippen LogP contribution is 2.20. The van der Waals surface area contributed by atoms with Crippen molar-refractivity contribution in [3.05, 3.63) is 45.8 Å². The topological polar surface area (TPSA) is 42.9 Å². The highest BCUT2D eigenvalue weighted by atomic mass is 32.1. The van der Waals surface area contributed by atoms with Gasteiger partial charge >= 0.3 is 0 Å². The van der Waals surface area contributed by atoms with Gasteiger partial charge in [-0.3, -0.25) is 9.78 Å². The molecule has 0 amide bonds. The summed E-state index contributed by atoms with van der Waals surface area (Å²) in [5, 5.41) is 0.748. The Kier molecular flexibility index (Phi) is 2.37. The molecule has 0 aliphatic rings. The van der Waals surface area contributed by atoms with Gasteiger partial charge in [0.2, 0.25) is 0 Å². The van der Waals surface area contributed by atoms with Gasteiger partial charge in [0, 0.05) is 28.9 Å². The predicted molar refractivity (Wildman–Crippen MR) is 56.4 cm³/mol. The van der Waals surface area contributed by atoms with E-state index in [9.17, 15) is 4.79 Å². The van der Waals surface area contributed by atoms with Crippen molar-refractivity contribution in [3.8, 4) is 10.6 Å². The molecule has 2 heterocycles. The standard InChI is InChI=1S/C10H8N2OS/c1-7-6-9(13)12-10(14-7)8-2-4-11-5-3-8/h2-6H,1H3. The average Bonchev–Trinajstić information content (AvgIpc) is 2.18. The van der Waals surface area contributed by atoms with Crippen LogP contribution in [0.5, 0.6) is 0 Å². The van der Waals surface area contributed by atoms with Crippen LogP contribution < -0.4 is 5.56 Å². The van der Waals surface area contributed by atoms with Crippen LogP contribution >= 0.6 is 11.3 Å². The molecule has 0 aliphatic carbocycles. The molecule has 0 atom stereocenters. The molecule has 4 heteroatoms. The van der Waals surface area contributed by atoms with Crippen LogP contribution in [0.2, 0.25) is 0 Å². The lowest BCUT2D eigenvalue weighted by Crippen LogP contribution is -2.03. The largest absolute Gasteiger partial charge is 0.272 e. The van der Waals surface area contributed by atoms with Gasteiger partial charge in [-0.05, 0) is 19.1 Å². The minimum atomic E-state index is -0.187. The zero-order valence-electron chi connectivity index (χ0n) is 7.60. The quantitative estimate of drug-likeness (QED) is 0.712. The van der Waals surface area contributed by atoms with E-state index in [1.54, 1.807) is 12.4 Å². The van der Waals surface area contributed by atoms with Crippen molar-refractivity contribution < 1.29 is 0 Å². The molecule has 70 valence electrons. The fourth-order valence-electron chi connectivity index (χ4n) is 1.13. The van der Waals surface area contributed by atoms with Gasteiger partial charge in [-0.15, -0.1) is 11.3 Å². The molecule has 0 spiro atoms. The summed E-state index contributed by atoms with van der Waals surface area (Å²) in [6.45, 7) is 1.90. The molecule has 0 aliphatic heterocycles. The zero-order valence-corrected chi connectivity index (χ0v) is 8.41. The van der Waals surface area contributed by atoms with Crippen LogP contribution in [0.1, 0.15) is 4.88 Å². The minimum absolute atomic E-state index is 0.187. The molecule has 2 rings (SSSR count). The Labute approximate surface area is 85.1 Å². The molecule has 0 saturated carbocycles. The average molecular weight is 204 g/mol. The number of hydrogen-bond acceptors (Lipinski definition) is 4. The number of nitrogens with zero attached hydrogens (tertiary/aromatic N) is 2. The van der Waals surface area contributed by atoms with Gasteiger partial charge < -0.3 is 0 Å². The van der Waals surface area contributed by atoms with Gasteiger partial charge in [0.25, 0.3) is 5.56 Å². The van der Waals surface area contributed by atoms with Crippen molar-refractivity contribution in [1.82, 2.24) is 9.97 Å². The lowest BCUT2D eigenvalue weighted by Gasteiger charge is -1.98. The van der Waals surface area contributed by atoms with Crippen LogP contribution in [0.4, 0.5) is 0 Å². The summed E-state index contributed by atoms with van der Waals surface area (Å²) in [6, 6.07) is 5.23. The highest BCUT2D eigenvalue weighted by Gasteiger charge is 2.01. The summed E-state index contributed by atoms with van der Waals surface area (Å²) in [4.78, 5) is 20.0. The van der Waals surface area contributed by atoms with Gasteiger partial charge in [-0.25, -0.2) is 0 Å². The molecule has 2 aromatic rings. The Bertz CT molecular complexity index is 493. The Balaban J connectivity index is 2.58. The maximum absolute atomic E-state index is 11.2. The lowest BCUT2D eigenvalue weighted by molar-refractivity contribution is 1.26. The van der Waals surface area contributed by atoms with Crippen LogP contribution in [0.25, 0.3) is 10.6 Å². The highest BCUT2D eigenvalue weighted by molar-refractivity contribution is 7.14. The van der Waals surface area contributed by atoms with Gasteiger partial charge in [0.05, 0.1) is 0 Å². The van der Waals surface area contributed by atoms with Crippen molar-refractivity contribution in [2.75, 3.05) is 0 Å². The van der Waals surface area contributed by atoms with Crippen molar-refractivity contribution in [2.24, 2.45) is 0 Å². The lowest BCUT2D eigenvalue weighted by atomic mass is 10.3. The second-order valence-corrected chi connectivity index (χ2v) is 4.08. The van der Waals surface area contributed by atoms with E-state index in [-0.39, 0.29) is 5.56 Å². The number of aromatic nitrogens is 2. The van der Waals surface area contributed by atoms with E-state index in [1.807, 2.05) is 19.1 Å². The van der Waals surface area contributed by atoms with Crippen LogP contribution in [-0.4, -0.2) is 9.97 Å². The first-order chi connectivity index (χ1) is 6.75. The normalized spacial score (nSPS) is 10.1. The Morgan fingerprint density at radius 1 is 1.29 bits per heavy atom. The van der Waals surface area contributed by atoms with Crippen molar-refractivity contribution in [2.45, 2.75) is 6.92 Å². The number of rotatable bonds is 1. The fraction of sp³-hybridized carbons (Fsp3) is 0.100. The first kappa shape index (κ1) is 9.02. The summed E-state index contributed by atoms with van der Waals surface area (Å²) >= 11 is 1.51. The number of pyridine rings is 1. The van der Waals surface area contributed by atoms with E-state index >= 15 is 0 Å². The van der Waals surface area contributed by atoms with Crippen LogP contribution in [0, 0.1) is 6.92 Å².